The van der Waals surface area contributed by atoms with Gasteiger partial charge in [0.2, 0.25) is 5.91 Å². The Morgan fingerprint density at radius 3 is 2.66 bits per heavy atom. The van der Waals surface area contributed by atoms with Crippen LogP contribution in [0.2, 0.25) is 5.02 Å². The zero-order valence-corrected chi connectivity index (χ0v) is 18.8. The molecule has 1 saturated heterocycles. The molecule has 1 spiro atoms. The van der Waals surface area contributed by atoms with Crippen molar-refractivity contribution < 1.29 is 22.3 Å². The van der Waals surface area contributed by atoms with Gasteiger partial charge >= 0.3 is 0 Å². The Kier molecular flexibility index (Phi) is 5.30. The average Bonchev–Trinajstić information content (AvgIpc) is 3.00. The van der Waals surface area contributed by atoms with Crippen molar-refractivity contribution in [3.05, 3.63) is 46.7 Å². The number of benzene rings is 2. The molecular weight excluding hydrogens is 457 g/mol. The molecule has 0 radical (unpaired) electrons. The Morgan fingerprint density at radius 1 is 1.19 bits per heavy atom. The number of carbonyl (C=O) groups is 1. The number of amides is 1. The highest BCUT2D eigenvalue weighted by molar-refractivity contribution is 7.92. The molecule has 0 bridgehead atoms. The molecule has 2 heterocycles. The molecule has 2 fully saturated rings. The maximum absolute atomic E-state index is 14.3. The zero-order chi connectivity index (χ0) is 22.5. The topological polar surface area (TPSA) is 96.5 Å². The number of ether oxygens (including phenoxy) is 1. The Bertz CT molecular complexity index is 1190. The van der Waals surface area contributed by atoms with Gasteiger partial charge in [0.1, 0.15) is 22.6 Å². The number of hydrogen-bond donors (Lipinski definition) is 3. The Morgan fingerprint density at radius 2 is 2.00 bits per heavy atom. The summed E-state index contributed by atoms with van der Waals surface area (Å²) < 4.78 is 48.8. The first-order valence-electron chi connectivity index (χ1n) is 10.6. The normalized spacial score (nSPS) is 21.6. The van der Waals surface area contributed by atoms with E-state index in [0.29, 0.717) is 30.8 Å². The van der Waals surface area contributed by atoms with Crippen LogP contribution in [0.5, 0.6) is 5.75 Å². The maximum Gasteiger partial charge on any atom is 0.264 e. The molecule has 7 nitrogen and oxygen atoms in total. The van der Waals surface area contributed by atoms with Crippen molar-refractivity contribution in [3.63, 3.8) is 0 Å². The Hall–Kier alpha value is -2.36. The molecule has 1 atom stereocenters. The number of carbonyl (C=O) groups excluding carboxylic acids is 1. The highest BCUT2D eigenvalue weighted by atomic mass is 35.5. The van der Waals surface area contributed by atoms with E-state index in [9.17, 15) is 17.6 Å². The third-order valence-electron chi connectivity index (χ3n) is 6.48. The number of sulfonamides is 1. The van der Waals surface area contributed by atoms with Crippen LogP contribution < -0.4 is 20.1 Å². The molecule has 170 valence electrons. The van der Waals surface area contributed by atoms with Gasteiger partial charge in [-0.05, 0) is 62.1 Å². The van der Waals surface area contributed by atoms with E-state index in [1.165, 1.54) is 6.07 Å². The van der Waals surface area contributed by atoms with Crippen LogP contribution >= 0.6 is 11.6 Å². The summed E-state index contributed by atoms with van der Waals surface area (Å²) in [5, 5.41) is 6.33. The zero-order valence-electron chi connectivity index (χ0n) is 17.2. The number of halogens is 2. The van der Waals surface area contributed by atoms with Crippen molar-refractivity contribution >= 4 is 38.9 Å². The molecule has 1 amide bonds. The minimum absolute atomic E-state index is 0.0888. The number of piperidine rings is 1. The fourth-order valence-corrected chi connectivity index (χ4v) is 5.92. The highest BCUT2D eigenvalue weighted by Gasteiger charge is 2.52. The van der Waals surface area contributed by atoms with Gasteiger partial charge in [-0.25, -0.2) is 12.8 Å². The monoisotopic (exact) mass is 479 g/mol. The van der Waals surface area contributed by atoms with E-state index in [1.54, 1.807) is 12.1 Å². The number of fused-ring (bicyclic) bond motifs is 2. The van der Waals surface area contributed by atoms with Gasteiger partial charge in [0.05, 0.1) is 16.8 Å². The van der Waals surface area contributed by atoms with Crippen LogP contribution in [-0.4, -0.2) is 33.5 Å². The second-order valence-corrected chi connectivity index (χ2v) is 10.6. The van der Waals surface area contributed by atoms with Crippen molar-refractivity contribution in [2.75, 3.05) is 23.1 Å². The lowest BCUT2D eigenvalue weighted by molar-refractivity contribution is -0.123. The van der Waals surface area contributed by atoms with Crippen LogP contribution in [0.4, 0.5) is 15.8 Å². The largest absolute Gasteiger partial charge is 0.487 e. The van der Waals surface area contributed by atoms with Gasteiger partial charge in [-0.1, -0.05) is 18.0 Å². The molecule has 1 saturated carbocycles. The fourth-order valence-electron chi connectivity index (χ4n) is 4.66. The maximum atomic E-state index is 14.3. The van der Waals surface area contributed by atoms with Crippen molar-refractivity contribution in [1.29, 1.82) is 0 Å². The summed E-state index contributed by atoms with van der Waals surface area (Å²) in [6.45, 7) is 1.59. The van der Waals surface area contributed by atoms with Crippen molar-refractivity contribution in [1.82, 2.24) is 5.32 Å². The van der Waals surface area contributed by atoms with Gasteiger partial charge < -0.3 is 15.4 Å². The number of rotatable bonds is 5. The number of nitrogens with one attached hydrogen (secondary N) is 3. The average molecular weight is 480 g/mol. The van der Waals surface area contributed by atoms with E-state index in [2.05, 4.69) is 15.4 Å². The number of hydrogen-bond acceptors (Lipinski definition) is 5. The first-order chi connectivity index (χ1) is 15.3. The molecule has 5 rings (SSSR count). The standard InChI is InChI=1S/C22H23ClFN3O4S/c23-13-4-5-19(17(24)9-13)32(29,30)27-14-10-16-20(26-21(28)22(16)6-2-7-22)18(11-14)31-15-3-1-8-25-12-15/h4-5,9-11,15,25,27H,1-3,6-8,12H2,(H,26,28). The summed E-state index contributed by atoms with van der Waals surface area (Å²) in [7, 11) is -4.22. The Labute approximate surface area is 190 Å². The first kappa shape index (κ1) is 21.5. The summed E-state index contributed by atoms with van der Waals surface area (Å²) >= 11 is 5.76. The predicted molar refractivity (Wildman–Crippen MR) is 119 cm³/mol. The van der Waals surface area contributed by atoms with E-state index in [0.717, 1.165) is 43.5 Å². The van der Waals surface area contributed by atoms with Crippen LogP contribution in [0, 0.1) is 5.82 Å². The summed E-state index contributed by atoms with van der Waals surface area (Å²) in [4.78, 5) is 12.3. The summed E-state index contributed by atoms with van der Waals surface area (Å²) in [6.07, 6.45) is 4.03. The summed E-state index contributed by atoms with van der Waals surface area (Å²) in [6, 6.07) is 6.60. The van der Waals surface area contributed by atoms with Crippen LogP contribution in [-0.2, 0) is 20.2 Å². The molecule has 2 aromatic carbocycles. The Balaban J connectivity index is 1.54. The smallest absolute Gasteiger partial charge is 0.264 e. The fraction of sp³-hybridized carbons (Fsp3) is 0.409. The quantitative estimate of drug-likeness (QED) is 0.606. The predicted octanol–water partition coefficient (Wildman–Crippen LogP) is 3.78. The minimum Gasteiger partial charge on any atom is -0.487 e. The molecule has 1 unspecified atom stereocenters. The van der Waals surface area contributed by atoms with Crippen LogP contribution in [0.15, 0.2) is 35.2 Å². The van der Waals surface area contributed by atoms with Crippen LogP contribution in [0.3, 0.4) is 0 Å². The lowest BCUT2D eigenvalue weighted by Gasteiger charge is -2.36. The van der Waals surface area contributed by atoms with Crippen molar-refractivity contribution in [2.24, 2.45) is 0 Å². The van der Waals surface area contributed by atoms with E-state index in [-0.39, 0.29) is 22.7 Å². The summed E-state index contributed by atoms with van der Waals surface area (Å²) in [5.74, 6) is -0.611. The van der Waals surface area contributed by atoms with Crippen molar-refractivity contribution in [3.8, 4) is 5.75 Å². The third kappa shape index (κ3) is 3.62. The molecule has 2 aromatic rings. The van der Waals surface area contributed by atoms with Gasteiger partial charge in [0.25, 0.3) is 10.0 Å². The van der Waals surface area contributed by atoms with E-state index in [1.807, 2.05) is 0 Å². The van der Waals surface area contributed by atoms with Gasteiger partial charge in [-0.3, -0.25) is 9.52 Å². The lowest BCUT2D eigenvalue weighted by Crippen LogP contribution is -2.40. The second-order valence-electron chi connectivity index (χ2n) is 8.55. The SMILES string of the molecule is O=C1Nc2c(OC3CCCNC3)cc(NS(=O)(=O)c3ccc(Cl)cc3F)cc2C12CCC2. The van der Waals surface area contributed by atoms with Crippen LogP contribution in [0.25, 0.3) is 0 Å². The molecule has 3 aliphatic rings. The molecule has 0 aromatic heterocycles. The molecule has 32 heavy (non-hydrogen) atoms. The second kappa shape index (κ2) is 7.90. The van der Waals surface area contributed by atoms with E-state index >= 15 is 0 Å². The van der Waals surface area contributed by atoms with Crippen LogP contribution in [0.1, 0.15) is 37.7 Å². The van der Waals surface area contributed by atoms with Gasteiger partial charge in [-0.15, -0.1) is 0 Å². The molecular formula is C22H23ClFN3O4S. The number of anilines is 2. The minimum atomic E-state index is -4.22. The van der Waals surface area contributed by atoms with E-state index in [4.69, 9.17) is 16.3 Å². The van der Waals surface area contributed by atoms with Gasteiger partial charge in [0, 0.05) is 17.6 Å². The highest BCUT2D eigenvalue weighted by Crippen LogP contribution is 2.54. The first-order valence-corrected chi connectivity index (χ1v) is 12.5. The van der Waals surface area contributed by atoms with E-state index < -0.39 is 26.2 Å². The molecule has 3 N–H and O–H groups in total. The lowest BCUT2D eigenvalue weighted by atomic mass is 9.65. The third-order valence-corrected chi connectivity index (χ3v) is 8.13. The molecule has 1 aliphatic carbocycles. The molecule has 10 heteroatoms. The van der Waals surface area contributed by atoms with Gasteiger partial charge in [-0.2, -0.15) is 0 Å². The summed E-state index contributed by atoms with van der Waals surface area (Å²) in [5.41, 5.74) is 0.885. The van der Waals surface area contributed by atoms with Gasteiger partial charge in [0.15, 0.2) is 0 Å². The molecule has 2 aliphatic heterocycles. The van der Waals surface area contributed by atoms with Crippen molar-refractivity contribution in [2.45, 2.75) is 48.5 Å².